The highest BCUT2D eigenvalue weighted by Crippen LogP contribution is 2.30. The molecule has 1 amide bonds. The van der Waals surface area contributed by atoms with Crippen molar-refractivity contribution in [1.82, 2.24) is 20.1 Å². The van der Waals surface area contributed by atoms with Crippen LogP contribution in [-0.2, 0) is 13.5 Å². The van der Waals surface area contributed by atoms with Gasteiger partial charge in [0.25, 0.3) is 11.5 Å². The van der Waals surface area contributed by atoms with Crippen LogP contribution < -0.4 is 20.9 Å². The lowest BCUT2D eigenvalue weighted by molar-refractivity contribution is 0.0954. The molecule has 0 spiro atoms. The molecule has 0 atom stereocenters. The Bertz CT molecular complexity index is 1410. The number of amides is 1. The van der Waals surface area contributed by atoms with E-state index in [0.717, 1.165) is 11.3 Å². The molecule has 0 bridgehead atoms. The van der Waals surface area contributed by atoms with Crippen LogP contribution in [-0.4, -0.2) is 27.2 Å². The van der Waals surface area contributed by atoms with Gasteiger partial charge in [-0.25, -0.2) is 4.68 Å². The molecule has 2 heterocycles. The molecule has 0 aliphatic heterocycles. The minimum absolute atomic E-state index is 0.197. The Balaban J connectivity index is 1.51. The summed E-state index contributed by atoms with van der Waals surface area (Å²) < 4.78 is 7.15. The minimum Gasteiger partial charge on any atom is -0.453 e. The normalized spacial score (nSPS) is 10.6. The number of ether oxygens (including phenoxy) is 1. The molecule has 178 valence electrons. The second-order valence-corrected chi connectivity index (χ2v) is 8.27. The van der Waals surface area contributed by atoms with Crippen LogP contribution in [0, 0.1) is 6.92 Å². The molecule has 0 aliphatic rings. The summed E-state index contributed by atoms with van der Waals surface area (Å²) in [7, 11) is 1.55. The first-order valence-electron chi connectivity index (χ1n) is 11.0. The summed E-state index contributed by atoms with van der Waals surface area (Å²) in [5.41, 5.74) is 2.58. The van der Waals surface area contributed by atoms with Crippen molar-refractivity contribution < 1.29 is 9.53 Å². The summed E-state index contributed by atoms with van der Waals surface area (Å²) in [6, 6.07) is 17.8. The third-order valence-corrected chi connectivity index (χ3v) is 5.67. The number of halogens is 1. The topological polar surface area (TPSA) is 98.1 Å². The Kier molecular flexibility index (Phi) is 7.42. The van der Waals surface area contributed by atoms with Crippen LogP contribution in [0.3, 0.4) is 0 Å². The predicted molar refractivity (Wildman–Crippen MR) is 136 cm³/mol. The molecule has 8 nitrogen and oxygen atoms in total. The highest BCUT2D eigenvalue weighted by molar-refractivity contribution is 6.31. The zero-order chi connectivity index (χ0) is 24.8. The van der Waals surface area contributed by atoms with Gasteiger partial charge in [0.15, 0.2) is 11.4 Å². The van der Waals surface area contributed by atoms with Gasteiger partial charge in [-0.1, -0.05) is 23.7 Å². The van der Waals surface area contributed by atoms with Crippen LogP contribution in [0.15, 0.2) is 77.9 Å². The van der Waals surface area contributed by atoms with Crippen molar-refractivity contribution >= 4 is 28.9 Å². The quantitative estimate of drug-likeness (QED) is 0.374. The van der Waals surface area contributed by atoms with E-state index in [1.807, 2.05) is 25.1 Å². The van der Waals surface area contributed by atoms with Crippen molar-refractivity contribution in [3.63, 3.8) is 0 Å². The second-order valence-electron chi connectivity index (χ2n) is 7.86. The third kappa shape index (κ3) is 6.04. The molecule has 35 heavy (non-hydrogen) atoms. The largest absolute Gasteiger partial charge is 0.453 e. The number of nitrogens with one attached hydrogen (secondary N) is 2. The maximum atomic E-state index is 12.9. The van der Waals surface area contributed by atoms with E-state index >= 15 is 0 Å². The lowest BCUT2D eigenvalue weighted by Crippen LogP contribution is -2.26. The molecule has 0 fully saturated rings. The molecule has 2 N–H and O–H groups in total. The summed E-state index contributed by atoms with van der Waals surface area (Å²) in [6.45, 7) is 2.32. The molecule has 0 radical (unpaired) electrons. The second kappa shape index (κ2) is 10.8. The molecule has 9 heteroatoms. The number of hydrogen-bond donors (Lipinski definition) is 2. The standard InChI is InChI=1S/C26H24ClN5O3/c1-17-14-21(9-10-22(17)27)35-23-16-30-32(2)26(34)24(23)31-20-8-5-6-18(15-20)25(33)29-13-11-19-7-3-4-12-28-19/h3-10,12,14-16,31H,11,13H2,1-2H3,(H,29,33). The SMILES string of the molecule is Cc1cc(Oc2cnn(C)c(=O)c2Nc2cccc(C(=O)NCCc3ccccn3)c2)ccc1Cl. The Morgan fingerprint density at radius 1 is 1.11 bits per heavy atom. The average molecular weight is 490 g/mol. The van der Waals surface area contributed by atoms with E-state index in [9.17, 15) is 9.59 Å². The van der Waals surface area contributed by atoms with E-state index in [0.29, 0.717) is 35.0 Å². The van der Waals surface area contributed by atoms with Crippen molar-refractivity contribution in [3.05, 3.63) is 105 Å². The number of carbonyl (C=O) groups is 1. The molecule has 0 aliphatic carbocycles. The summed E-state index contributed by atoms with van der Waals surface area (Å²) in [5, 5.41) is 10.7. The number of pyridine rings is 1. The van der Waals surface area contributed by atoms with E-state index in [1.54, 1.807) is 55.7 Å². The van der Waals surface area contributed by atoms with Crippen LogP contribution in [0.2, 0.25) is 5.02 Å². The molecule has 2 aromatic heterocycles. The van der Waals surface area contributed by atoms with Crippen molar-refractivity contribution in [3.8, 4) is 11.5 Å². The minimum atomic E-state index is -0.376. The average Bonchev–Trinajstić information content (AvgIpc) is 2.86. The molecule has 2 aromatic carbocycles. The molecule has 0 unspecified atom stereocenters. The maximum Gasteiger partial charge on any atom is 0.294 e. The lowest BCUT2D eigenvalue weighted by atomic mass is 10.1. The Hall–Kier alpha value is -4.17. The van der Waals surface area contributed by atoms with Gasteiger partial charge in [0, 0.05) is 48.2 Å². The van der Waals surface area contributed by atoms with Gasteiger partial charge in [-0.15, -0.1) is 0 Å². The van der Waals surface area contributed by atoms with Gasteiger partial charge in [0.2, 0.25) is 0 Å². The number of hydrogen-bond acceptors (Lipinski definition) is 6. The van der Waals surface area contributed by atoms with Gasteiger partial charge in [-0.05, 0) is 61.0 Å². The van der Waals surface area contributed by atoms with Crippen LogP contribution in [0.1, 0.15) is 21.6 Å². The first-order valence-corrected chi connectivity index (χ1v) is 11.3. The molecular weight excluding hydrogens is 466 g/mol. The highest BCUT2D eigenvalue weighted by atomic mass is 35.5. The monoisotopic (exact) mass is 489 g/mol. The number of nitrogens with zero attached hydrogens (tertiary/aromatic N) is 3. The van der Waals surface area contributed by atoms with Gasteiger partial charge in [-0.2, -0.15) is 5.10 Å². The van der Waals surface area contributed by atoms with Crippen molar-refractivity contribution in [1.29, 1.82) is 0 Å². The molecule has 0 saturated heterocycles. The first kappa shape index (κ1) is 24.0. The van der Waals surface area contributed by atoms with Crippen LogP contribution in [0.4, 0.5) is 11.4 Å². The Labute approximate surface area is 207 Å². The fourth-order valence-electron chi connectivity index (χ4n) is 3.36. The number of aromatic nitrogens is 3. The number of rotatable bonds is 8. The Morgan fingerprint density at radius 3 is 2.74 bits per heavy atom. The fourth-order valence-corrected chi connectivity index (χ4v) is 3.48. The fraction of sp³-hybridized carbons (Fsp3) is 0.154. The van der Waals surface area contributed by atoms with Crippen molar-refractivity contribution in [2.45, 2.75) is 13.3 Å². The van der Waals surface area contributed by atoms with Gasteiger partial charge < -0.3 is 15.4 Å². The van der Waals surface area contributed by atoms with E-state index in [2.05, 4.69) is 20.7 Å². The smallest absolute Gasteiger partial charge is 0.294 e. The van der Waals surface area contributed by atoms with Gasteiger partial charge in [0.1, 0.15) is 5.75 Å². The van der Waals surface area contributed by atoms with Crippen molar-refractivity contribution in [2.24, 2.45) is 7.05 Å². The Morgan fingerprint density at radius 2 is 1.97 bits per heavy atom. The van der Waals surface area contributed by atoms with E-state index in [1.165, 1.54) is 10.9 Å². The van der Waals surface area contributed by atoms with E-state index < -0.39 is 0 Å². The predicted octanol–water partition coefficient (Wildman–Crippen LogP) is 4.65. The summed E-state index contributed by atoms with van der Waals surface area (Å²) in [5.74, 6) is 0.548. The molecule has 0 saturated carbocycles. The van der Waals surface area contributed by atoms with Crippen LogP contribution >= 0.6 is 11.6 Å². The number of aryl methyl sites for hydroxylation is 2. The molecule has 4 aromatic rings. The maximum absolute atomic E-state index is 12.9. The summed E-state index contributed by atoms with van der Waals surface area (Å²) >= 11 is 6.10. The zero-order valence-corrected chi connectivity index (χ0v) is 20.0. The number of carbonyl (C=O) groups excluding carboxylic acids is 1. The van der Waals surface area contributed by atoms with Gasteiger partial charge in [0.05, 0.1) is 6.20 Å². The summed E-state index contributed by atoms with van der Waals surface area (Å²) in [6.07, 6.45) is 3.81. The zero-order valence-electron chi connectivity index (χ0n) is 19.3. The lowest BCUT2D eigenvalue weighted by Gasteiger charge is -2.14. The highest BCUT2D eigenvalue weighted by Gasteiger charge is 2.14. The van der Waals surface area contributed by atoms with Gasteiger partial charge >= 0.3 is 0 Å². The van der Waals surface area contributed by atoms with E-state index in [4.69, 9.17) is 16.3 Å². The first-order chi connectivity index (χ1) is 16.9. The van der Waals surface area contributed by atoms with Gasteiger partial charge in [-0.3, -0.25) is 14.6 Å². The third-order valence-electron chi connectivity index (χ3n) is 5.25. The van der Waals surface area contributed by atoms with Crippen molar-refractivity contribution in [2.75, 3.05) is 11.9 Å². The molecule has 4 rings (SSSR count). The summed E-state index contributed by atoms with van der Waals surface area (Å²) in [4.78, 5) is 29.8. The van der Waals surface area contributed by atoms with Crippen LogP contribution in [0.25, 0.3) is 0 Å². The van der Waals surface area contributed by atoms with E-state index in [-0.39, 0.29) is 22.9 Å². The van der Waals surface area contributed by atoms with Crippen LogP contribution in [0.5, 0.6) is 11.5 Å². The number of anilines is 2. The molecular formula is C26H24ClN5O3. The number of benzene rings is 2.